The van der Waals surface area contributed by atoms with Crippen LogP contribution in [-0.4, -0.2) is 5.91 Å². The number of nitrogens with two attached hydrogens (primary N) is 1. The summed E-state index contributed by atoms with van der Waals surface area (Å²) in [7, 11) is 0. The molecule has 0 unspecified atom stereocenters. The Morgan fingerprint density at radius 2 is 1.89 bits per heavy atom. The fourth-order valence-corrected chi connectivity index (χ4v) is 1.73. The molecule has 3 N–H and O–H groups in total. The lowest BCUT2D eigenvalue weighted by atomic mass is 10.2. The summed E-state index contributed by atoms with van der Waals surface area (Å²) in [6, 6.07) is 7.60. The van der Waals surface area contributed by atoms with Gasteiger partial charge in [-0.2, -0.15) is 0 Å². The van der Waals surface area contributed by atoms with Gasteiger partial charge in [0.25, 0.3) is 5.91 Å². The number of nitrogen functional groups attached to an aromatic ring is 1. The molecular formula is C13H9BrF2N2O. The van der Waals surface area contributed by atoms with Crippen molar-refractivity contribution >= 4 is 33.2 Å². The predicted octanol–water partition coefficient (Wildman–Crippen LogP) is 3.56. The van der Waals surface area contributed by atoms with E-state index in [4.69, 9.17) is 5.73 Å². The van der Waals surface area contributed by atoms with Gasteiger partial charge in [0.05, 0.1) is 15.8 Å². The number of rotatable bonds is 2. The van der Waals surface area contributed by atoms with Crippen LogP contribution in [0.3, 0.4) is 0 Å². The van der Waals surface area contributed by atoms with E-state index in [1.165, 1.54) is 24.3 Å². The van der Waals surface area contributed by atoms with E-state index in [0.717, 1.165) is 12.1 Å². The van der Waals surface area contributed by atoms with Crippen molar-refractivity contribution in [2.75, 3.05) is 11.1 Å². The highest BCUT2D eigenvalue weighted by atomic mass is 79.9. The van der Waals surface area contributed by atoms with Crippen LogP contribution in [0.4, 0.5) is 20.2 Å². The summed E-state index contributed by atoms with van der Waals surface area (Å²) in [4.78, 5) is 11.9. The summed E-state index contributed by atoms with van der Waals surface area (Å²) in [5.41, 5.74) is 6.08. The van der Waals surface area contributed by atoms with E-state index in [-0.39, 0.29) is 21.4 Å². The first kappa shape index (κ1) is 13.5. The SMILES string of the molecule is Nc1cc(F)ccc1NC(=O)c1ccc(Br)c(F)c1. The number of hydrogen-bond donors (Lipinski definition) is 2. The van der Waals surface area contributed by atoms with Crippen LogP contribution in [0.15, 0.2) is 40.9 Å². The van der Waals surface area contributed by atoms with Gasteiger partial charge in [0.15, 0.2) is 0 Å². The number of anilines is 2. The minimum Gasteiger partial charge on any atom is -0.397 e. The molecule has 1 amide bonds. The number of nitrogens with one attached hydrogen (secondary N) is 1. The Morgan fingerprint density at radius 3 is 2.53 bits per heavy atom. The Kier molecular flexibility index (Phi) is 3.80. The van der Waals surface area contributed by atoms with Crippen molar-refractivity contribution < 1.29 is 13.6 Å². The second-order valence-electron chi connectivity index (χ2n) is 3.81. The van der Waals surface area contributed by atoms with Gasteiger partial charge in [0.1, 0.15) is 11.6 Å². The van der Waals surface area contributed by atoms with Gasteiger partial charge >= 0.3 is 0 Å². The molecule has 6 heteroatoms. The van der Waals surface area contributed by atoms with Gasteiger partial charge in [-0.25, -0.2) is 8.78 Å². The largest absolute Gasteiger partial charge is 0.397 e. The van der Waals surface area contributed by atoms with Crippen molar-refractivity contribution in [3.8, 4) is 0 Å². The molecule has 0 aliphatic carbocycles. The van der Waals surface area contributed by atoms with Crippen molar-refractivity contribution in [1.82, 2.24) is 0 Å². The Bertz CT molecular complexity index is 647. The van der Waals surface area contributed by atoms with E-state index in [9.17, 15) is 13.6 Å². The predicted molar refractivity (Wildman–Crippen MR) is 72.9 cm³/mol. The Balaban J connectivity index is 2.23. The first-order valence-electron chi connectivity index (χ1n) is 5.29. The van der Waals surface area contributed by atoms with Gasteiger partial charge in [-0.3, -0.25) is 4.79 Å². The van der Waals surface area contributed by atoms with Gasteiger partial charge < -0.3 is 11.1 Å². The molecule has 2 aromatic carbocycles. The van der Waals surface area contributed by atoms with E-state index in [2.05, 4.69) is 21.2 Å². The second kappa shape index (κ2) is 5.36. The minimum absolute atomic E-state index is 0.103. The lowest BCUT2D eigenvalue weighted by Crippen LogP contribution is -2.13. The van der Waals surface area contributed by atoms with Crippen LogP contribution < -0.4 is 11.1 Å². The maximum atomic E-state index is 13.3. The molecule has 98 valence electrons. The summed E-state index contributed by atoms with van der Waals surface area (Å²) in [5.74, 6) is -1.56. The summed E-state index contributed by atoms with van der Waals surface area (Å²) < 4.78 is 26.4. The zero-order valence-corrected chi connectivity index (χ0v) is 11.2. The van der Waals surface area contributed by atoms with Gasteiger partial charge in [0, 0.05) is 5.56 Å². The molecule has 0 aromatic heterocycles. The molecule has 0 saturated carbocycles. The van der Waals surface area contributed by atoms with Crippen molar-refractivity contribution in [2.24, 2.45) is 0 Å². The zero-order valence-electron chi connectivity index (χ0n) is 9.58. The van der Waals surface area contributed by atoms with Crippen LogP contribution in [0.2, 0.25) is 0 Å². The third-order valence-corrected chi connectivity index (χ3v) is 3.09. The summed E-state index contributed by atoms with van der Waals surface area (Å²) in [6.45, 7) is 0. The third kappa shape index (κ3) is 3.08. The second-order valence-corrected chi connectivity index (χ2v) is 4.67. The van der Waals surface area contributed by atoms with E-state index in [1.807, 2.05) is 0 Å². The maximum absolute atomic E-state index is 13.3. The lowest BCUT2D eigenvalue weighted by Gasteiger charge is -2.08. The Morgan fingerprint density at radius 1 is 1.16 bits per heavy atom. The summed E-state index contributed by atoms with van der Waals surface area (Å²) >= 11 is 3.00. The molecule has 3 nitrogen and oxygen atoms in total. The fourth-order valence-electron chi connectivity index (χ4n) is 1.48. The monoisotopic (exact) mass is 326 g/mol. The van der Waals surface area contributed by atoms with Crippen LogP contribution >= 0.6 is 15.9 Å². The first-order chi connectivity index (χ1) is 8.97. The van der Waals surface area contributed by atoms with Crippen LogP contribution in [-0.2, 0) is 0 Å². The van der Waals surface area contributed by atoms with Crippen molar-refractivity contribution in [2.45, 2.75) is 0 Å². The maximum Gasteiger partial charge on any atom is 0.255 e. The molecule has 19 heavy (non-hydrogen) atoms. The number of amides is 1. The van der Waals surface area contributed by atoms with Gasteiger partial charge in [-0.15, -0.1) is 0 Å². The van der Waals surface area contributed by atoms with E-state index in [0.29, 0.717) is 0 Å². The molecule has 0 saturated heterocycles. The summed E-state index contributed by atoms with van der Waals surface area (Å²) in [6.07, 6.45) is 0. The molecule has 0 radical (unpaired) electrons. The third-order valence-electron chi connectivity index (χ3n) is 2.44. The summed E-state index contributed by atoms with van der Waals surface area (Å²) in [5, 5.41) is 2.49. The molecule has 0 spiro atoms. The van der Waals surface area contributed by atoms with E-state index < -0.39 is 17.5 Å². The highest BCUT2D eigenvalue weighted by molar-refractivity contribution is 9.10. The topological polar surface area (TPSA) is 55.1 Å². The standard InChI is InChI=1S/C13H9BrF2N2O/c14-9-3-1-7(5-10(9)16)13(19)18-12-4-2-8(15)6-11(12)17/h1-6H,17H2,(H,18,19). The number of carbonyl (C=O) groups is 1. The molecule has 2 rings (SSSR count). The number of carbonyl (C=O) groups excluding carboxylic acids is 1. The van der Waals surface area contributed by atoms with Crippen molar-refractivity contribution in [1.29, 1.82) is 0 Å². The van der Waals surface area contributed by atoms with Gasteiger partial charge in [-0.1, -0.05) is 0 Å². The van der Waals surface area contributed by atoms with Crippen LogP contribution in [0, 0.1) is 11.6 Å². The quantitative estimate of drug-likeness (QED) is 0.829. The van der Waals surface area contributed by atoms with Crippen LogP contribution in [0.5, 0.6) is 0 Å². The number of halogens is 3. The van der Waals surface area contributed by atoms with Gasteiger partial charge in [0.2, 0.25) is 0 Å². The minimum atomic E-state index is -0.542. The number of hydrogen-bond acceptors (Lipinski definition) is 2. The molecule has 0 bridgehead atoms. The Hall–Kier alpha value is -1.95. The van der Waals surface area contributed by atoms with Crippen LogP contribution in [0.25, 0.3) is 0 Å². The fraction of sp³-hybridized carbons (Fsp3) is 0. The molecular weight excluding hydrogens is 318 g/mol. The first-order valence-corrected chi connectivity index (χ1v) is 6.08. The molecule has 2 aromatic rings. The lowest BCUT2D eigenvalue weighted by molar-refractivity contribution is 0.102. The van der Waals surface area contributed by atoms with Gasteiger partial charge in [-0.05, 0) is 52.3 Å². The molecule has 0 aliphatic rings. The molecule has 0 heterocycles. The van der Waals surface area contributed by atoms with Crippen molar-refractivity contribution in [3.05, 3.63) is 58.1 Å². The zero-order chi connectivity index (χ0) is 14.0. The van der Waals surface area contributed by atoms with E-state index in [1.54, 1.807) is 0 Å². The van der Waals surface area contributed by atoms with E-state index >= 15 is 0 Å². The Labute approximate surface area is 116 Å². The van der Waals surface area contributed by atoms with Crippen molar-refractivity contribution in [3.63, 3.8) is 0 Å². The smallest absolute Gasteiger partial charge is 0.255 e. The normalized spacial score (nSPS) is 10.3. The molecule has 0 atom stereocenters. The van der Waals surface area contributed by atoms with Crippen LogP contribution in [0.1, 0.15) is 10.4 Å². The highest BCUT2D eigenvalue weighted by Crippen LogP contribution is 2.21. The highest BCUT2D eigenvalue weighted by Gasteiger charge is 2.10. The molecule has 0 fully saturated rings. The number of benzene rings is 2. The average molecular weight is 327 g/mol. The average Bonchev–Trinajstić information content (AvgIpc) is 2.36. The molecule has 0 aliphatic heterocycles.